The Labute approximate surface area is 104 Å². The number of rotatable bonds is 7. The molecule has 0 radical (unpaired) electrons. The van der Waals surface area contributed by atoms with Crippen molar-refractivity contribution in [3.05, 3.63) is 18.2 Å². The molecule has 17 heavy (non-hydrogen) atoms. The molecule has 0 aliphatic carbocycles. The van der Waals surface area contributed by atoms with Gasteiger partial charge in [0.05, 0.1) is 6.07 Å². The molecule has 1 atom stereocenters. The van der Waals surface area contributed by atoms with Gasteiger partial charge in [-0.15, -0.1) is 0 Å². The lowest BCUT2D eigenvalue weighted by Gasteiger charge is -2.22. The van der Waals surface area contributed by atoms with Crippen molar-refractivity contribution < 1.29 is 0 Å². The zero-order valence-corrected chi connectivity index (χ0v) is 11.0. The normalized spacial score (nSPS) is 14.2. The van der Waals surface area contributed by atoms with Gasteiger partial charge in [-0.05, 0) is 39.7 Å². The molecule has 1 aromatic heterocycles. The Balaban J connectivity index is 2.29. The zero-order valence-electron chi connectivity index (χ0n) is 11.0. The maximum Gasteiger partial charge on any atom is 0.105 e. The van der Waals surface area contributed by atoms with Crippen molar-refractivity contribution in [3.63, 3.8) is 0 Å². The van der Waals surface area contributed by atoms with Crippen molar-refractivity contribution in [2.75, 3.05) is 6.54 Å². The molecule has 1 N–H and O–H groups in total. The van der Waals surface area contributed by atoms with Gasteiger partial charge in [0.2, 0.25) is 0 Å². The molecule has 0 fully saturated rings. The van der Waals surface area contributed by atoms with Crippen molar-refractivity contribution in [2.45, 2.75) is 52.1 Å². The zero-order chi connectivity index (χ0) is 12.7. The summed E-state index contributed by atoms with van der Waals surface area (Å²) in [7, 11) is 0. The van der Waals surface area contributed by atoms with Gasteiger partial charge in [0, 0.05) is 18.9 Å². The average molecular weight is 234 g/mol. The first-order valence-corrected chi connectivity index (χ1v) is 6.25. The molecule has 1 heterocycles. The van der Waals surface area contributed by atoms with Crippen molar-refractivity contribution in [3.8, 4) is 6.07 Å². The molecule has 4 nitrogen and oxygen atoms in total. The maximum atomic E-state index is 9.12. The van der Waals surface area contributed by atoms with E-state index in [0.29, 0.717) is 0 Å². The van der Waals surface area contributed by atoms with E-state index in [1.54, 1.807) is 0 Å². The predicted octanol–water partition coefficient (Wildman–Crippen LogP) is 2.25. The van der Waals surface area contributed by atoms with Crippen LogP contribution in [0.3, 0.4) is 0 Å². The molecule has 0 saturated heterocycles. The Morgan fingerprint density at radius 3 is 2.82 bits per heavy atom. The van der Waals surface area contributed by atoms with Crippen molar-refractivity contribution in [1.82, 2.24) is 14.9 Å². The molecule has 1 unspecified atom stereocenters. The lowest BCUT2D eigenvalue weighted by atomic mass is 9.96. The fourth-order valence-electron chi connectivity index (χ4n) is 1.97. The number of aromatic nitrogens is 2. The van der Waals surface area contributed by atoms with Crippen LogP contribution in [0.25, 0.3) is 0 Å². The molecule has 0 aliphatic heterocycles. The van der Waals surface area contributed by atoms with Crippen LogP contribution in [0, 0.1) is 18.3 Å². The molecule has 1 aromatic rings. The fourth-order valence-corrected chi connectivity index (χ4v) is 1.97. The number of nitrogens with one attached hydrogen (secondary N) is 1. The van der Waals surface area contributed by atoms with Crippen LogP contribution >= 0.6 is 0 Å². The number of nitriles is 1. The summed E-state index contributed by atoms with van der Waals surface area (Å²) in [6.07, 6.45) is 6.86. The standard InChI is InChI=1S/C13H22N4/c1-4-16-13(3,11-14)7-5-6-9-17-10-8-15-12(17)2/h8,10,16H,4-7,9H2,1-3H3. The second-order valence-electron chi connectivity index (χ2n) is 4.60. The third-order valence-corrected chi connectivity index (χ3v) is 3.06. The monoisotopic (exact) mass is 234 g/mol. The highest BCUT2D eigenvalue weighted by Crippen LogP contribution is 2.13. The SMILES string of the molecule is CCNC(C)(C#N)CCCCn1ccnc1C. The highest BCUT2D eigenvalue weighted by Gasteiger charge is 2.21. The highest BCUT2D eigenvalue weighted by atomic mass is 15.0. The topological polar surface area (TPSA) is 53.6 Å². The van der Waals surface area contributed by atoms with Crippen LogP contribution in [0.2, 0.25) is 0 Å². The van der Waals surface area contributed by atoms with Crippen molar-refractivity contribution >= 4 is 0 Å². The first-order chi connectivity index (χ1) is 8.11. The van der Waals surface area contributed by atoms with Gasteiger partial charge in [0.1, 0.15) is 11.4 Å². The van der Waals surface area contributed by atoms with Gasteiger partial charge in [-0.25, -0.2) is 4.98 Å². The average Bonchev–Trinajstić information content (AvgIpc) is 2.71. The third-order valence-electron chi connectivity index (χ3n) is 3.06. The number of unbranched alkanes of at least 4 members (excludes halogenated alkanes) is 1. The van der Waals surface area contributed by atoms with Crippen molar-refractivity contribution in [2.24, 2.45) is 0 Å². The lowest BCUT2D eigenvalue weighted by Crippen LogP contribution is -2.40. The van der Waals surface area contributed by atoms with E-state index in [1.807, 2.05) is 33.2 Å². The summed E-state index contributed by atoms with van der Waals surface area (Å²) >= 11 is 0. The Bertz CT molecular complexity index is 377. The van der Waals surface area contributed by atoms with Crippen LogP contribution in [-0.4, -0.2) is 21.6 Å². The van der Waals surface area contributed by atoms with E-state index >= 15 is 0 Å². The van der Waals surface area contributed by atoms with Crippen LogP contribution in [0.4, 0.5) is 0 Å². The van der Waals surface area contributed by atoms with E-state index in [-0.39, 0.29) is 5.54 Å². The number of hydrogen-bond donors (Lipinski definition) is 1. The second-order valence-corrected chi connectivity index (χ2v) is 4.60. The van der Waals surface area contributed by atoms with Gasteiger partial charge in [-0.1, -0.05) is 6.92 Å². The largest absolute Gasteiger partial charge is 0.335 e. The summed E-state index contributed by atoms with van der Waals surface area (Å²) in [5.74, 6) is 1.06. The molecule has 0 aromatic carbocycles. The first kappa shape index (κ1) is 13.7. The van der Waals surface area contributed by atoms with Crippen LogP contribution in [0.15, 0.2) is 12.4 Å². The van der Waals surface area contributed by atoms with E-state index in [2.05, 4.69) is 20.9 Å². The molecule has 0 aliphatic rings. The molecule has 0 amide bonds. The third kappa shape index (κ3) is 4.20. The Morgan fingerprint density at radius 1 is 1.53 bits per heavy atom. The summed E-state index contributed by atoms with van der Waals surface area (Å²) < 4.78 is 2.15. The van der Waals surface area contributed by atoms with Crippen LogP contribution in [0.5, 0.6) is 0 Å². The van der Waals surface area contributed by atoms with Crippen LogP contribution in [-0.2, 0) is 6.54 Å². The molecule has 0 saturated carbocycles. The number of aryl methyl sites for hydroxylation is 2. The Kier molecular flexibility index (Phi) is 5.17. The minimum Gasteiger partial charge on any atom is -0.335 e. The quantitative estimate of drug-likeness (QED) is 0.736. The predicted molar refractivity (Wildman–Crippen MR) is 68.5 cm³/mol. The van der Waals surface area contributed by atoms with Crippen LogP contribution in [0.1, 0.15) is 38.9 Å². The summed E-state index contributed by atoms with van der Waals surface area (Å²) in [6, 6.07) is 2.35. The summed E-state index contributed by atoms with van der Waals surface area (Å²) in [6.45, 7) is 7.84. The van der Waals surface area contributed by atoms with Gasteiger partial charge in [-0.2, -0.15) is 5.26 Å². The minimum absolute atomic E-state index is 0.376. The molecule has 94 valence electrons. The smallest absolute Gasteiger partial charge is 0.105 e. The van der Waals surface area contributed by atoms with Gasteiger partial charge in [0.25, 0.3) is 0 Å². The molecule has 0 spiro atoms. The summed E-state index contributed by atoms with van der Waals surface area (Å²) in [5.41, 5.74) is -0.376. The molecule has 0 bridgehead atoms. The van der Waals surface area contributed by atoms with E-state index in [0.717, 1.165) is 38.2 Å². The number of hydrogen-bond acceptors (Lipinski definition) is 3. The molecular weight excluding hydrogens is 212 g/mol. The Hall–Kier alpha value is -1.34. The second kappa shape index (κ2) is 6.41. The molecule has 4 heteroatoms. The Morgan fingerprint density at radius 2 is 2.29 bits per heavy atom. The van der Waals surface area contributed by atoms with Crippen molar-refractivity contribution in [1.29, 1.82) is 5.26 Å². The molecule has 1 rings (SSSR count). The van der Waals surface area contributed by atoms with E-state index in [1.165, 1.54) is 0 Å². The lowest BCUT2D eigenvalue weighted by molar-refractivity contribution is 0.404. The van der Waals surface area contributed by atoms with E-state index in [4.69, 9.17) is 5.26 Å². The van der Waals surface area contributed by atoms with Gasteiger partial charge < -0.3 is 4.57 Å². The molecular formula is C13H22N4. The first-order valence-electron chi connectivity index (χ1n) is 6.25. The number of imidazole rings is 1. The van der Waals surface area contributed by atoms with Gasteiger partial charge >= 0.3 is 0 Å². The van der Waals surface area contributed by atoms with E-state index in [9.17, 15) is 0 Å². The van der Waals surface area contributed by atoms with Gasteiger partial charge in [-0.3, -0.25) is 5.32 Å². The van der Waals surface area contributed by atoms with Gasteiger partial charge in [0.15, 0.2) is 0 Å². The van der Waals surface area contributed by atoms with Crippen LogP contribution < -0.4 is 5.32 Å². The summed E-state index contributed by atoms with van der Waals surface area (Å²) in [4.78, 5) is 4.19. The number of nitrogens with zero attached hydrogens (tertiary/aromatic N) is 3. The highest BCUT2D eigenvalue weighted by molar-refractivity contribution is 5.03. The van der Waals surface area contributed by atoms with E-state index < -0.39 is 0 Å². The minimum atomic E-state index is -0.376. The maximum absolute atomic E-state index is 9.12. The fraction of sp³-hybridized carbons (Fsp3) is 0.692. The summed E-state index contributed by atoms with van der Waals surface area (Å²) in [5, 5.41) is 12.3.